The number of hydrogen-bond donors (Lipinski definition) is 1. The molecule has 0 amide bonds. The van der Waals surface area contributed by atoms with Gasteiger partial charge in [-0.1, -0.05) is 48.0 Å². The van der Waals surface area contributed by atoms with Crippen LogP contribution in [0.4, 0.5) is 0 Å². The normalized spacial score (nSPS) is 25.9. The minimum Gasteiger partial charge on any atom is -0.304 e. The van der Waals surface area contributed by atoms with Gasteiger partial charge >= 0.3 is 0 Å². The van der Waals surface area contributed by atoms with Gasteiger partial charge in [0.25, 0.3) is 10.1 Å². The highest BCUT2D eigenvalue weighted by molar-refractivity contribution is 7.85. The lowest BCUT2D eigenvalue weighted by Gasteiger charge is -2.32. The summed E-state index contributed by atoms with van der Waals surface area (Å²) < 4.78 is 33.6. The molecule has 2 atom stereocenters. The molecule has 1 N–H and O–H groups in total. The molecule has 2 aromatic rings. The third-order valence-corrected chi connectivity index (χ3v) is 7.33. The number of nitrogens with zero attached hydrogens (tertiary/aromatic N) is 2. The molecule has 6 heteroatoms. The molecule has 0 aliphatic carbocycles. The topological polar surface area (TPSA) is 60.9 Å². The van der Waals surface area contributed by atoms with E-state index in [4.69, 9.17) is 0 Å². The molecule has 2 aliphatic rings. The quantitative estimate of drug-likeness (QED) is 0.782. The molecule has 2 heterocycles. The fraction of sp³-hybridized carbons (Fsp3) is 0.455. The molecule has 2 fully saturated rings. The van der Waals surface area contributed by atoms with Gasteiger partial charge in [0.2, 0.25) is 0 Å². The summed E-state index contributed by atoms with van der Waals surface area (Å²) in [4.78, 5) is 4.95. The Balaban J connectivity index is 1.65. The van der Waals surface area contributed by atoms with Crippen molar-refractivity contribution in [1.82, 2.24) is 9.80 Å². The van der Waals surface area contributed by atoms with Crippen molar-refractivity contribution in [1.29, 1.82) is 0 Å². The Morgan fingerprint density at radius 2 is 1.93 bits per heavy atom. The maximum absolute atomic E-state index is 11.9. The van der Waals surface area contributed by atoms with Gasteiger partial charge in [-0.2, -0.15) is 8.42 Å². The lowest BCUT2D eigenvalue weighted by atomic mass is 9.77. The monoisotopic (exact) mass is 400 g/mol. The Kier molecular flexibility index (Phi) is 5.08. The maximum Gasteiger partial charge on any atom is 0.294 e. The van der Waals surface area contributed by atoms with Crippen LogP contribution in [0.5, 0.6) is 0 Å². The predicted octanol–water partition coefficient (Wildman–Crippen LogP) is 2.99. The smallest absolute Gasteiger partial charge is 0.294 e. The second-order valence-corrected chi connectivity index (χ2v) is 9.93. The average Bonchev–Trinajstić information content (AvgIpc) is 3.09. The van der Waals surface area contributed by atoms with Crippen LogP contribution in [0.25, 0.3) is 0 Å². The molecule has 0 spiro atoms. The minimum absolute atomic E-state index is 0.0107. The summed E-state index contributed by atoms with van der Waals surface area (Å²) in [5, 5.41) is 0. The van der Waals surface area contributed by atoms with Crippen LogP contribution in [-0.2, 0) is 23.1 Å². The van der Waals surface area contributed by atoms with Crippen LogP contribution in [0, 0.1) is 12.3 Å². The fourth-order valence-electron chi connectivity index (χ4n) is 5.21. The molecule has 4 rings (SSSR count). The van der Waals surface area contributed by atoms with Gasteiger partial charge in [-0.05, 0) is 50.6 Å². The number of fused-ring (bicyclic) bond motifs is 1. The molecule has 0 radical (unpaired) electrons. The number of aryl methyl sites for hydroxylation is 1. The number of hydrogen-bond acceptors (Lipinski definition) is 4. The van der Waals surface area contributed by atoms with E-state index in [0.29, 0.717) is 12.5 Å². The van der Waals surface area contributed by atoms with Crippen LogP contribution < -0.4 is 0 Å². The molecule has 28 heavy (non-hydrogen) atoms. The van der Waals surface area contributed by atoms with Crippen LogP contribution in [0.3, 0.4) is 0 Å². The van der Waals surface area contributed by atoms with Crippen molar-refractivity contribution in [3.8, 4) is 0 Å². The van der Waals surface area contributed by atoms with Gasteiger partial charge in [0, 0.05) is 31.1 Å². The van der Waals surface area contributed by atoms with Crippen molar-refractivity contribution < 1.29 is 13.0 Å². The van der Waals surface area contributed by atoms with Crippen molar-refractivity contribution in [3.05, 3.63) is 65.2 Å². The second-order valence-electron chi connectivity index (χ2n) is 8.54. The van der Waals surface area contributed by atoms with E-state index in [9.17, 15) is 13.0 Å². The summed E-state index contributed by atoms with van der Waals surface area (Å²) in [6, 6.07) is 16.1. The van der Waals surface area contributed by atoms with Crippen molar-refractivity contribution in [3.63, 3.8) is 0 Å². The highest BCUT2D eigenvalue weighted by Crippen LogP contribution is 2.46. The highest BCUT2D eigenvalue weighted by Gasteiger charge is 2.52. The summed E-state index contributed by atoms with van der Waals surface area (Å²) >= 11 is 0. The zero-order valence-corrected chi connectivity index (χ0v) is 17.3. The van der Waals surface area contributed by atoms with E-state index in [1.807, 2.05) is 19.1 Å². The van der Waals surface area contributed by atoms with E-state index in [1.54, 1.807) is 12.1 Å². The summed E-state index contributed by atoms with van der Waals surface area (Å²) in [7, 11) is -2.09. The molecule has 0 saturated carbocycles. The molecule has 150 valence electrons. The number of likely N-dealkylation sites (N-methyl/N-ethyl adjacent to an activating group) is 1. The Bertz CT molecular complexity index is 961. The van der Waals surface area contributed by atoms with E-state index >= 15 is 0 Å². The van der Waals surface area contributed by atoms with E-state index < -0.39 is 10.1 Å². The maximum atomic E-state index is 11.9. The van der Waals surface area contributed by atoms with Gasteiger partial charge in [-0.3, -0.25) is 9.45 Å². The fourth-order valence-corrected chi connectivity index (χ4v) is 5.92. The van der Waals surface area contributed by atoms with Gasteiger partial charge in [-0.15, -0.1) is 0 Å². The number of benzene rings is 2. The SMILES string of the molecule is Cc1ccc(S(=O)(=O)O)c(CC23CCN(Cc4ccccc4)C2CN(C)C3)c1. The number of likely N-dealkylation sites (tertiary alicyclic amines) is 2. The van der Waals surface area contributed by atoms with Gasteiger partial charge < -0.3 is 4.90 Å². The second kappa shape index (κ2) is 7.26. The van der Waals surface area contributed by atoms with Crippen molar-refractivity contribution in [2.45, 2.75) is 37.2 Å². The van der Waals surface area contributed by atoms with E-state index in [2.05, 4.69) is 41.1 Å². The minimum atomic E-state index is -4.23. The molecule has 2 aromatic carbocycles. The van der Waals surface area contributed by atoms with Gasteiger partial charge in [0.15, 0.2) is 0 Å². The van der Waals surface area contributed by atoms with Gasteiger partial charge in [0.05, 0.1) is 4.90 Å². The molecule has 2 aliphatic heterocycles. The third-order valence-electron chi connectivity index (χ3n) is 6.38. The van der Waals surface area contributed by atoms with Crippen LogP contribution in [0.15, 0.2) is 53.4 Å². The highest BCUT2D eigenvalue weighted by atomic mass is 32.2. The first-order chi connectivity index (χ1) is 13.3. The Morgan fingerprint density at radius 3 is 2.64 bits per heavy atom. The van der Waals surface area contributed by atoms with Crippen molar-refractivity contribution in [2.75, 3.05) is 26.7 Å². The molecule has 0 aromatic heterocycles. The van der Waals surface area contributed by atoms with Crippen molar-refractivity contribution in [2.24, 2.45) is 5.41 Å². The van der Waals surface area contributed by atoms with E-state index in [0.717, 1.165) is 43.7 Å². The molecule has 2 unspecified atom stereocenters. The van der Waals surface area contributed by atoms with Crippen LogP contribution >= 0.6 is 0 Å². The molecular weight excluding hydrogens is 372 g/mol. The summed E-state index contributed by atoms with van der Waals surface area (Å²) in [5.41, 5.74) is 3.07. The summed E-state index contributed by atoms with van der Waals surface area (Å²) in [5.74, 6) is 0. The molecule has 5 nitrogen and oxygen atoms in total. The largest absolute Gasteiger partial charge is 0.304 e. The molecule has 2 saturated heterocycles. The van der Waals surface area contributed by atoms with Gasteiger partial charge in [0.1, 0.15) is 0 Å². The summed E-state index contributed by atoms with van der Waals surface area (Å²) in [6.45, 7) is 5.83. The van der Waals surface area contributed by atoms with Gasteiger partial charge in [-0.25, -0.2) is 0 Å². The van der Waals surface area contributed by atoms with E-state index in [-0.39, 0.29) is 10.3 Å². The predicted molar refractivity (Wildman–Crippen MR) is 110 cm³/mol. The first-order valence-electron chi connectivity index (χ1n) is 9.80. The molecule has 0 bridgehead atoms. The Labute approximate surface area is 167 Å². The van der Waals surface area contributed by atoms with E-state index in [1.165, 1.54) is 5.56 Å². The summed E-state index contributed by atoms with van der Waals surface area (Å²) in [6.07, 6.45) is 1.71. The zero-order chi connectivity index (χ0) is 19.9. The lowest BCUT2D eigenvalue weighted by Crippen LogP contribution is -2.40. The Hall–Kier alpha value is -1.73. The van der Waals surface area contributed by atoms with Crippen LogP contribution in [-0.4, -0.2) is 55.5 Å². The number of rotatable bonds is 5. The zero-order valence-electron chi connectivity index (χ0n) is 16.5. The first kappa shape index (κ1) is 19.6. The Morgan fingerprint density at radius 1 is 1.18 bits per heavy atom. The standard InChI is InChI=1S/C22H28N2O3S/c1-17-8-9-20(28(25,26)27)19(12-17)13-22-10-11-24(21(22)15-23(2)16-22)14-18-6-4-3-5-7-18/h3-9,12,21H,10-11,13-16H2,1-2H3,(H,25,26,27). The van der Waals surface area contributed by atoms with Crippen LogP contribution in [0.2, 0.25) is 0 Å². The van der Waals surface area contributed by atoms with Crippen LogP contribution in [0.1, 0.15) is 23.1 Å². The van der Waals surface area contributed by atoms with Crippen molar-refractivity contribution >= 4 is 10.1 Å². The molecular formula is C22H28N2O3S. The lowest BCUT2D eigenvalue weighted by molar-refractivity contribution is 0.192. The average molecular weight is 401 g/mol. The third kappa shape index (κ3) is 3.74. The first-order valence-corrected chi connectivity index (χ1v) is 11.2.